The molecule has 0 spiro atoms. The first kappa shape index (κ1) is 62.3. The normalized spacial score (nSPS) is 13.5. The third-order valence-corrected chi connectivity index (χ3v) is 20.2. The van der Waals surface area contributed by atoms with Crippen LogP contribution in [0.15, 0.2) is 279 Å². The molecular weight excluding hydrogens is 1370 g/mol. The molecule has 17 rings (SSSR count). The Morgan fingerprint density at radius 3 is 1.52 bits per heavy atom. The zero-order valence-electron chi connectivity index (χ0n) is 56.6. The van der Waals surface area contributed by atoms with Crippen LogP contribution in [0.3, 0.4) is 0 Å². The van der Waals surface area contributed by atoms with E-state index in [2.05, 4.69) is 373 Å². The van der Waals surface area contributed by atoms with E-state index in [1.165, 1.54) is 49.7 Å². The molecular formula is C91H74N5OPt-3. The number of fused-ring (bicyclic) bond motifs is 10. The molecule has 1 aliphatic heterocycles. The number of rotatable bonds is 10. The fourth-order valence-electron chi connectivity index (χ4n) is 15.3. The van der Waals surface area contributed by atoms with Crippen molar-refractivity contribution >= 4 is 66.4 Å². The first-order valence-corrected chi connectivity index (χ1v) is 33.8. The van der Waals surface area contributed by atoms with Crippen LogP contribution < -0.4 is 14.5 Å². The van der Waals surface area contributed by atoms with E-state index in [0.717, 1.165) is 100 Å². The van der Waals surface area contributed by atoms with E-state index in [1.807, 2.05) is 6.20 Å². The zero-order valence-corrected chi connectivity index (χ0v) is 58.9. The first-order valence-electron chi connectivity index (χ1n) is 33.8. The zero-order chi connectivity index (χ0) is 66.1. The van der Waals surface area contributed by atoms with E-state index < -0.39 is 5.41 Å². The Kier molecular flexibility index (Phi) is 15.0. The van der Waals surface area contributed by atoms with Gasteiger partial charge in [0.2, 0.25) is 0 Å². The monoisotopic (exact) mass is 1450 g/mol. The second-order valence-electron chi connectivity index (χ2n) is 29.3. The minimum absolute atomic E-state index is 0. The Balaban J connectivity index is 0.00000751. The average molecular weight is 1450 g/mol. The standard InChI is InChI=1S/C91H74N5O.Pt/c1-88(2,3)61-40-42-62(43-41-61)91(78-34-20-16-30-70(78)71-31-17-21-35-79(71)91)65-50-67(93-58-94(83-39-25-24-38-82(83)93)87-76(59-26-12-10-13-27-59)52-64(90(7,8)9)53-77(87)60-28-14-11-15-29-60)55-69(51-65)97-68-45-47-75-74-46-44-66(95-80-36-22-18-32-72(80)73-33-19-23-37-81(73)95)56-84(74)96(85(75)57-68)86-54-63(48-49-92-86)89(4,5)6;/h10-54,56,58H,1-9H3;/q-3;. The van der Waals surface area contributed by atoms with E-state index in [4.69, 9.17) is 9.72 Å². The predicted molar refractivity (Wildman–Crippen MR) is 403 cm³/mol. The number of aromatic nitrogens is 3. The van der Waals surface area contributed by atoms with Gasteiger partial charge in [-0.1, -0.05) is 256 Å². The largest absolute Gasteiger partial charge is 0.509 e. The van der Waals surface area contributed by atoms with E-state index in [9.17, 15) is 0 Å². The minimum Gasteiger partial charge on any atom is -0.509 e. The van der Waals surface area contributed by atoms with Crippen LogP contribution in [-0.4, -0.2) is 14.1 Å². The molecule has 98 heavy (non-hydrogen) atoms. The van der Waals surface area contributed by atoms with E-state index in [-0.39, 0.29) is 37.3 Å². The fourth-order valence-corrected chi connectivity index (χ4v) is 15.3. The van der Waals surface area contributed by atoms with Gasteiger partial charge in [-0.3, -0.25) is 0 Å². The molecule has 15 aromatic rings. The van der Waals surface area contributed by atoms with Crippen LogP contribution in [0.5, 0.6) is 11.5 Å². The van der Waals surface area contributed by atoms with E-state index in [1.54, 1.807) is 0 Å². The molecule has 0 radical (unpaired) electrons. The summed E-state index contributed by atoms with van der Waals surface area (Å²) < 4.78 is 12.2. The average Bonchev–Trinajstić information content (AvgIpc) is 1.52. The molecule has 0 saturated carbocycles. The van der Waals surface area contributed by atoms with Crippen LogP contribution in [0.2, 0.25) is 0 Å². The number of nitrogens with zero attached hydrogens (tertiary/aromatic N) is 5. The predicted octanol–water partition coefficient (Wildman–Crippen LogP) is 23.7. The van der Waals surface area contributed by atoms with Crippen LogP contribution in [0, 0.1) is 18.8 Å². The number of benzene rings is 12. The summed E-state index contributed by atoms with van der Waals surface area (Å²) >= 11 is 0. The molecule has 4 heterocycles. The summed E-state index contributed by atoms with van der Waals surface area (Å²) in [7, 11) is 0. The van der Waals surface area contributed by atoms with Gasteiger partial charge in [-0.05, 0) is 138 Å². The molecule has 6 nitrogen and oxygen atoms in total. The number of para-hydroxylation sites is 4. The summed E-state index contributed by atoms with van der Waals surface area (Å²) in [6, 6.07) is 108. The summed E-state index contributed by atoms with van der Waals surface area (Å²) in [6.07, 6.45) is 1.94. The van der Waals surface area contributed by atoms with Gasteiger partial charge in [0, 0.05) is 94.3 Å². The van der Waals surface area contributed by atoms with Crippen molar-refractivity contribution in [3.8, 4) is 56.4 Å². The minimum atomic E-state index is -0.799. The molecule has 482 valence electrons. The molecule has 0 amide bonds. The molecule has 0 bridgehead atoms. The van der Waals surface area contributed by atoms with Crippen molar-refractivity contribution in [1.82, 2.24) is 14.1 Å². The third-order valence-electron chi connectivity index (χ3n) is 20.2. The summed E-state index contributed by atoms with van der Waals surface area (Å²) in [6.45, 7) is 22.8. The Morgan fingerprint density at radius 2 is 0.918 bits per heavy atom. The number of hydrogen-bond acceptors (Lipinski definition) is 4. The van der Waals surface area contributed by atoms with Gasteiger partial charge in [0.1, 0.15) is 5.82 Å². The topological polar surface area (TPSA) is 38.5 Å². The van der Waals surface area contributed by atoms with Crippen LogP contribution in [0.4, 0.5) is 22.7 Å². The Bertz CT molecular complexity index is 5450. The van der Waals surface area contributed by atoms with Crippen molar-refractivity contribution in [3.05, 3.63) is 337 Å². The van der Waals surface area contributed by atoms with Crippen LogP contribution in [0.25, 0.3) is 88.5 Å². The van der Waals surface area contributed by atoms with Gasteiger partial charge in [-0.2, -0.15) is 6.07 Å². The maximum absolute atomic E-state index is 7.55. The maximum Gasteiger partial charge on any atom is 0.135 e. The van der Waals surface area contributed by atoms with Gasteiger partial charge < -0.3 is 23.7 Å². The molecule has 0 unspecified atom stereocenters. The number of pyridine rings is 1. The van der Waals surface area contributed by atoms with Gasteiger partial charge in [-0.25, -0.2) is 4.98 Å². The second kappa shape index (κ2) is 23.6. The molecule has 0 fully saturated rings. The summed E-state index contributed by atoms with van der Waals surface area (Å²) in [5.74, 6) is 1.90. The van der Waals surface area contributed by atoms with Crippen LogP contribution in [-0.2, 0) is 42.7 Å². The molecule has 7 heteroatoms. The van der Waals surface area contributed by atoms with Gasteiger partial charge in [0.15, 0.2) is 0 Å². The van der Waals surface area contributed by atoms with E-state index >= 15 is 0 Å². The quantitative estimate of drug-likeness (QED) is 0.128. The first-order chi connectivity index (χ1) is 47.0. The maximum atomic E-state index is 7.55. The van der Waals surface area contributed by atoms with Crippen molar-refractivity contribution < 1.29 is 25.8 Å². The van der Waals surface area contributed by atoms with Gasteiger partial charge in [-0.15, -0.1) is 53.6 Å². The fraction of sp³-hybridized carbons (Fsp3) is 0.143. The molecule has 1 aliphatic carbocycles. The van der Waals surface area contributed by atoms with E-state index in [0.29, 0.717) is 11.5 Å². The molecule has 0 saturated heterocycles. The van der Waals surface area contributed by atoms with Gasteiger partial charge >= 0.3 is 0 Å². The Labute approximate surface area is 589 Å². The van der Waals surface area contributed by atoms with Crippen LogP contribution in [0.1, 0.15) is 101 Å². The van der Waals surface area contributed by atoms with Crippen molar-refractivity contribution in [2.75, 3.05) is 9.80 Å². The third kappa shape index (κ3) is 10.2. The van der Waals surface area contributed by atoms with Crippen LogP contribution >= 0.6 is 0 Å². The van der Waals surface area contributed by atoms with Gasteiger partial charge in [0.05, 0.1) is 11.0 Å². The smallest absolute Gasteiger partial charge is 0.135 e. The Hall–Kier alpha value is -10.5. The van der Waals surface area contributed by atoms with Crippen molar-refractivity contribution in [2.45, 2.75) is 84.0 Å². The molecule has 12 aromatic carbocycles. The molecule has 0 atom stereocenters. The summed E-state index contributed by atoms with van der Waals surface area (Å²) in [5, 5.41) is 4.56. The van der Waals surface area contributed by atoms with Gasteiger partial charge in [0.25, 0.3) is 0 Å². The number of ether oxygens (including phenoxy) is 1. The number of hydrogen-bond donors (Lipinski definition) is 0. The molecule has 2 aliphatic rings. The van der Waals surface area contributed by atoms with Crippen molar-refractivity contribution in [2.24, 2.45) is 0 Å². The molecule has 3 aromatic heterocycles. The second-order valence-corrected chi connectivity index (χ2v) is 29.3. The SMILES string of the molecule is CC(C)(C)c1ccc(C2(c3cc(Oc4[c-]c5c(cc4)c4ccc(-n6c7ccccc7c7ccccc76)cc4n5-c4cc(C(C)(C)C)ccn4)[c-]c(N4[CH-]N(c5c(-c6ccccc6)cc(C(C)(C)C)cc5-c5ccccc5)c5ccccc54)c3)c3ccccc3-c3ccccc32)cc1.[Pt]. The number of anilines is 4. The van der Waals surface area contributed by atoms with Crippen molar-refractivity contribution in [1.29, 1.82) is 0 Å². The Morgan fingerprint density at radius 1 is 0.388 bits per heavy atom. The van der Waals surface area contributed by atoms with Crippen molar-refractivity contribution in [3.63, 3.8) is 0 Å². The summed E-state index contributed by atoms with van der Waals surface area (Å²) in [4.78, 5) is 9.92. The summed E-state index contributed by atoms with van der Waals surface area (Å²) in [5.41, 5.74) is 23.4. The molecule has 0 N–H and O–H groups in total.